The zero-order valence-corrected chi connectivity index (χ0v) is 13.4. The molecular weight excluding hydrogens is 290 g/mol. The number of nitrogens with one attached hydrogen (secondary N) is 1. The second kappa shape index (κ2) is 6.07. The number of nitrogens with zero attached hydrogens (tertiary/aromatic N) is 3. The molecule has 2 saturated carbocycles. The maximum atomic E-state index is 12.9. The molecule has 1 aromatic rings. The number of rotatable bonds is 3. The van der Waals surface area contributed by atoms with E-state index >= 15 is 0 Å². The Bertz CT molecular complexity index is 555. The molecule has 1 aliphatic heterocycles. The van der Waals surface area contributed by atoms with Crippen LogP contribution in [0.3, 0.4) is 0 Å². The molecule has 4 atom stereocenters. The lowest BCUT2D eigenvalue weighted by Gasteiger charge is -2.37. The van der Waals surface area contributed by atoms with Gasteiger partial charge < -0.3 is 16.0 Å². The first kappa shape index (κ1) is 14.9. The highest BCUT2D eigenvalue weighted by Gasteiger charge is 2.50. The van der Waals surface area contributed by atoms with Crippen LogP contribution < -0.4 is 11.1 Å². The zero-order valence-electron chi connectivity index (χ0n) is 13.4. The molecule has 1 amide bonds. The van der Waals surface area contributed by atoms with Crippen LogP contribution in [0.5, 0.6) is 0 Å². The van der Waals surface area contributed by atoms with Gasteiger partial charge in [-0.25, -0.2) is 0 Å². The van der Waals surface area contributed by atoms with Crippen molar-refractivity contribution in [3.8, 4) is 0 Å². The number of carbonyl (C=O) groups excluding carboxylic acids is 1. The Kier molecular flexibility index (Phi) is 3.93. The summed E-state index contributed by atoms with van der Waals surface area (Å²) < 4.78 is 0. The van der Waals surface area contributed by atoms with Crippen molar-refractivity contribution in [1.82, 2.24) is 15.1 Å². The van der Waals surface area contributed by atoms with Gasteiger partial charge in [-0.15, -0.1) is 5.10 Å². The number of nitrogens with two attached hydrogens (primary N) is 1. The van der Waals surface area contributed by atoms with Gasteiger partial charge in [-0.1, -0.05) is 0 Å². The topological polar surface area (TPSA) is 84.1 Å². The second-order valence-corrected chi connectivity index (χ2v) is 7.29. The van der Waals surface area contributed by atoms with Crippen molar-refractivity contribution < 1.29 is 4.79 Å². The summed E-state index contributed by atoms with van der Waals surface area (Å²) in [4.78, 5) is 14.9. The molecule has 4 unspecified atom stereocenters. The molecule has 6 heteroatoms. The van der Waals surface area contributed by atoms with E-state index in [1.165, 1.54) is 19.3 Å². The fourth-order valence-corrected chi connectivity index (χ4v) is 4.74. The highest BCUT2D eigenvalue weighted by atomic mass is 16.2. The van der Waals surface area contributed by atoms with Crippen LogP contribution in [-0.2, 0) is 4.79 Å². The minimum Gasteiger partial charge on any atom is -0.366 e. The van der Waals surface area contributed by atoms with Crippen LogP contribution in [-0.4, -0.2) is 46.2 Å². The highest BCUT2D eigenvalue weighted by Crippen LogP contribution is 2.48. The molecule has 1 aromatic heterocycles. The van der Waals surface area contributed by atoms with E-state index in [1.807, 2.05) is 17.0 Å². The zero-order chi connectivity index (χ0) is 15.8. The molecule has 0 aromatic carbocycles. The molecule has 4 rings (SSSR count). The number of piperidine rings is 1. The van der Waals surface area contributed by atoms with Crippen LogP contribution in [0.2, 0.25) is 0 Å². The number of anilines is 1. The third-order valence-electron chi connectivity index (χ3n) is 6.00. The van der Waals surface area contributed by atoms with Gasteiger partial charge in [0, 0.05) is 31.4 Å². The Labute approximate surface area is 136 Å². The van der Waals surface area contributed by atoms with Crippen molar-refractivity contribution in [2.24, 2.45) is 23.5 Å². The first-order valence-corrected chi connectivity index (χ1v) is 8.81. The predicted octanol–water partition coefficient (Wildman–Crippen LogP) is 1.25. The minimum atomic E-state index is 0.0817. The Hall–Kier alpha value is -1.69. The van der Waals surface area contributed by atoms with E-state index in [0.29, 0.717) is 23.8 Å². The number of fused-ring (bicyclic) bond motifs is 2. The number of amides is 1. The predicted molar refractivity (Wildman–Crippen MR) is 87.6 cm³/mol. The number of likely N-dealkylation sites (tertiary alicyclic amines) is 1. The lowest BCUT2D eigenvalue weighted by molar-refractivity contribution is -0.138. The quantitative estimate of drug-likeness (QED) is 0.877. The Morgan fingerprint density at radius 3 is 2.65 bits per heavy atom. The first-order chi connectivity index (χ1) is 11.2. The molecule has 3 aliphatic rings. The average Bonchev–Trinajstić information content (AvgIpc) is 3.17. The van der Waals surface area contributed by atoms with E-state index < -0.39 is 0 Å². The molecule has 124 valence electrons. The van der Waals surface area contributed by atoms with Crippen LogP contribution >= 0.6 is 0 Å². The van der Waals surface area contributed by atoms with Crippen LogP contribution in [0.25, 0.3) is 0 Å². The monoisotopic (exact) mass is 315 g/mol. The molecule has 2 aliphatic carbocycles. The second-order valence-electron chi connectivity index (χ2n) is 7.29. The van der Waals surface area contributed by atoms with Crippen molar-refractivity contribution in [1.29, 1.82) is 0 Å². The fourth-order valence-electron chi connectivity index (χ4n) is 4.74. The van der Waals surface area contributed by atoms with Crippen LogP contribution in [0.1, 0.15) is 32.1 Å². The lowest BCUT2D eigenvalue weighted by Crippen LogP contribution is -2.50. The van der Waals surface area contributed by atoms with E-state index in [9.17, 15) is 4.79 Å². The van der Waals surface area contributed by atoms with Gasteiger partial charge in [0.05, 0.1) is 5.92 Å². The van der Waals surface area contributed by atoms with Crippen molar-refractivity contribution in [3.63, 3.8) is 0 Å². The molecule has 6 nitrogen and oxygen atoms in total. The number of hydrogen-bond acceptors (Lipinski definition) is 5. The molecule has 23 heavy (non-hydrogen) atoms. The molecule has 1 saturated heterocycles. The molecule has 3 fully saturated rings. The molecule has 2 bridgehead atoms. The van der Waals surface area contributed by atoms with Gasteiger partial charge >= 0.3 is 0 Å². The van der Waals surface area contributed by atoms with E-state index in [2.05, 4.69) is 15.5 Å². The molecular formula is C17H25N5O. The highest BCUT2D eigenvalue weighted by molar-refractivity contribution is 5.80. The van der Waals surface area contributed by atoms with Crippen molar-refractivity contribution in [2.45, 2.75) is 44.2 Å². The summed E-state index contributed by atoms with van der Waals surface area (Å²) in [6.07, 6.45) is 7.17. The molecule has 3 N–H and O–H groups in total. The van der Waals surface area contributed by atoms with Crippen molar-refractivity contribution in [3.05, 3.63) is 18.3 Å². The molecule has 0 spiro atoms. The largest absolute Gasteiger partial charge is 0.366 e. The van der Waals surface area contributed by atoms with Crippen LogP contribution in [0.15, 0.2) is 18.3 Å². The van der Waals surface area contributed by atoms with Gasteiger partial charge in [-0.05, 0) is 56.1 Å². The van der Waals surface area contributed by atoms with Gasteiger partial charge in [-0.2, -0.15) is 5.10 Å². The van der Waals surface area contributed by atoms with Crippen molar-refractivity contribution in [2.75, 3.05) is 18.4 Å². The summed E-state index contributed by atoms with van der Waals surface area (Å²) in [5.41, 5.74) is 6.33. The smallest absolute Gasteiger partial charge is 0.227 e. The summed E-state index contributed by atoms with van der Waals surface area (Å²) >= 11 is 0. The summed E-state index contributed by atoms with van der Waals surface area (Å²) in [5, 5.41) is 11.4. The summed E-state index contributed by atoms with van der Waals surface area (Å²) in [5.74, 6) is 2.33. The Balaban J connectivity index is 1.32. The molecule has 2 heterocycles. The van der Waals surface area contributed by atoms with E-state index in [0.717, 1.165) is 31.7 Å². The van der Waals surface area contributed by atoms with E-state index in [1.54, 1.807) is 6.20 Å². The van der Waals surface area contributed by atoms with E-state index in [4.69, 9.17) is 5.73 Å². The van der Waals surface area contributed by atoms with E-state index in [-0.39, 0.29) is 12.0 Å². The maximum absolute atomic E-state index is 12.9. The normalized spacial score (nSPS) is 33.9. The summed E-state index contributed by atoms with van der Waals surface area (Å²) in [6.45, 7) is 1.63. The lowest BCUT2D eigenvalue weighted by atomic mass is 9.83. The van der Waals surface area contributed by atoms with Gasteiger partial charge in [0.15, 0.2) is 0 Å². The molecule has 0 radical (unpaired) electrons. The number of aromatic nitrogens is 2. The van der Waals surface area contributed by atoms with Gasteiger partial charge in [0.1, 0.15) is 5.82 Å². The average molecular weight is 315 g/mol. The van der Waals surface area contributed by atoms with Gasteiger partial charge in [0.25, 0.3) is 0 Å². The third kappa shape index (κ3) is 2.80. The SMILES string of the molecule is NC1C2CCC(C2)C1C(=O)N1CCC(Nc2cccnn2)CC1. The Morgan fingerprint density at radius 1 is 1.22 bits per heavy atom. The fraction of sp³-hybridized carbons (Fsp3) is 0.706. The minimum absolute atomic E-state index is 0.0817. The third-order valence-corrected chi connectivity index (χ3v) is 6.00. The maximum Gasteiger partial charge on any atom is 0.227 e. The van der Waals surface area contributed by atoms with Crippen LogP contribution in [0.4, 0.5) is 5.82 Å². The number of hydrogen-bond donors (Lipinski definition) is 2. The first-order valence-electron chi connectivity index (χ1n) is 8.81. The van der Waals surface area contributed by atoms with Gasteiger partial charge in [-0.3, -0.25) is 4.79 Å². The summed E-state index contributed by atoms with van der Waals surface area (Å²) in [6, 6.07) is 4.27. The van der Waals surface area contributed by atoms with Gasteiger partial charge in [0.2, 0.25) is 5.91 Å². The summed E-state index contributed by atoms with van der Waals surface area (Å²) in [7, 11) is 0. The van der Waals surface area contributed by atoms with Crippen LogP contribution in [0, 0.1) is 17.8 Å². The standard InChI is InChI=1S/C17H25N5O/c18-16-12-4-3-11(10-12)15(16)17(23)22-8-5-13(6-9-22)20-14-2-1-7-19-21-14/h1-2,7,11-13,15-16H,3-6,8-10,18H2,(H,20,21). The Morgan fingerprint density at radius 2 is 2.00 bits per heavy atom. The number of carbonyl (C=O) groups is 1. The van der Waals surface area contributed by atoms with Crippen molar-refractivity contribution >= 4 is 11.7 Å².